The lowest BCUT2D eigenvalue weighted by molar-refractivity contribution is -0.141. The lowest BCUT2D eigenvalue weighted by Gasteiger charge is -2.14. The third kappa shape index (κ3) is 4.35. The van der Waals surface area contributed by atoms with E-state index in [9.17, 15) is 9.59 Å². The Morgan fingerprint density at radius 1 is 1.33 bits per heavy atom. The molecule has 0 spiro atoms. The van der Waals surface area contributed by atoms with E-state index < -0.39 is 5.97 Å². The molecule has 1 aliphatic rings. The Bertz CT molecular complexity index is 550. The molecule has 2 unspecified atom stereocenters. The minimum atomic E-state index is -0.795. The quantitative estimate of drug-likeness (QED) is 0.773. The van der Waals surface area contributed by atoms with Crippen LogP contribution in [0.15, 0.2) is 22.7 Å². The van der Waals surface area contributed by atoms with Crippen LogP contribution in [0.4, 0.5) is 10.5 Å². The van der Waals surface area contributed by atoms with Gasteiger partial charge in [-0.05, 0) is 31.4 Å². The highest BCUT2D eigenvalue weighted by molar-refractivity contribution is 9.10. The van der Waals surface area contributed by atoms with Crippen LogP contribution in [0, 0.1) is 5.92 Å². The van der Waals surface area contributed by atoms with Gasteiger partial charge in [0.1, 0.15) is 5.75 Å². The minimum Gasteiger partial charge on any atom is -0.497 e. The summed E-state index contributed by atoms with van der Waals surface area (Å²) in [6, 6.07) is 4.82. The summed E-state index contributed by atoms with van der Waals surface area (Å²) in [7, 11) is 1.55. The maximum absolute atomic E-state index is 11.9. The van der Waals surface area contributed by atoms with Gasteiger partial charge in [-0.15, -0.1) is 0 Å². The molecule has 3 N–H and O–H groups in total. The number of hydrogen-bond donors (Lipinski definition) is 3. The molecular formula is C14H17BrN2O4. The first kappa shape index (κ1) is 15.6. The van der Waals surface area contributed by atoms with Crippen molar-refractivity contribution in [3.8, 4) is 5.75 Å². The molecule has 0 aliphatic heterocycles. The molecule has 0 bridgehead atoms. The van der Waals surface area contributed by atoms with Crippen molar-refractivity contribution in [3.63, 3.8) is 0 Å². The standard InChI is InChI=1S/C14H17BrN2O4/c1-21-12-6-9(15)5-11(7-12)17-14(20)16-10-3-2-8(4-10)13(18)19/h5-8,10H,2-4H2,1H3,(H,18,19)(H2,16,17,20). The molecule has 1 aromatic carbocycles. The number of carbonyl (C=O) groups excluding carboxylic acids is 1. The highest BCUT2D eigenvalue weighted by Gasteiger charge is 2.30. The number of anilines is 1. The molecule has 7 heteroatoms. The predicted octanol–water partition coefficient (Wildman–Crippen LogP) is 2.83. The number of amides is 2. The van der Waals surface area contributed by atoms with Crippen molar-refractivity contribution in [3.05, 3.63) is 22.7 Å². The van der Waals surface area contributed by atoms with Gasteiger partial charge in [0.05, 0.1) is 13.0 Å². The van der Waals surface area contributed by atoms with Crippen LogP contribution < -0.4 is 15.4 Å². The zero-order valence-corrected chi connectivity index (χ0v) is 13.1. The fourth-order valence-corrected chi connectivity index (χ4v) is 2.91. The number of methoxy groups -OCH3 is 1. The Hall–Kier alpha value is -1.76. The van der Waals surface area contributed by atoms with Gasteiger partial charge in [-0.3, -0.25) is 4.79 Å². The molecule has 0 heterocycles. The SMILES string of the molecule is COc1cc(Br)cc(NC(=O)NC2CCC(C(=O)O)C2)c1. The number of aliphatic carboxylic acids is 1. The van der Waals surface area contributed by atoms with Crippen LogP contribution in [0.25, 0.3) is 0 Å². The summed E-state index contributed by atoms with van der Waals surface area (Å²) < 4.78 is 5.92. The number of rotatable bonds is 4. The van der Waals surface area contributed by atoms with Crippen molar-refractivity contribution in [1.82, 2.24) is 5.32 Å². The fourth-order valence-electron chi connectivity index (χ4n) is 2.44. The van der Waals surface area contributed by atoms with E-state index in [1.165, 1.54) is 0 Å². The maximum Gasteiger partial charge on any atom is 0.319 e. The van der Waals surface area contributed by atoms with Crippen molar-refractivity contribution in [2.24, 2.45) is 5.92 Å². The van der Waals surface area contributed by atoms with Crippen LogP contribution in [-0.4, -0.2) is 30.3 Å². The van der Waals surface area contributed by atoms with Crippen LogP contribution in [0.5, 0.6) is 5.75 Å². The number of urea groups is 1. The monoisotopic (exact) mass is 356 g/mol. The van der Waals surface area contributed by atoms with E-state index >= 15 is 0 Å². The molecular weight excluding hydrogens is 340 g/mol. The van der Waals surface area contributed by atoms with Crippen LogP contribution in [0.3, 0.4) is 0 Å². The molecule has 1 aromatic rings. The number of carboxylic acid groups (broad SMARTS) is 1. The topological polar surface area (TPSA) is 87.7 Å². The van der Waals surface area contributed by atoms with Gasteiger partial charge in [0, 0.05) is 22.3 Å². The predicted molar refractivity (Wildman–Crippen MR) is 81.6 cm³/mol. The number of hydrogen-bond acceptors (Lipinski definition) is 3. The molecule has 6 nitrogen and oxygen atoms in total. The molecule has 2 atom stereocenters. The number of ether oxygens (including phenoxy) is 1. The molecule has 1 aliphatic carbocycles. The molecule has 2 rings (SSSR count). The third-order valence-corrected chi connectivity index (χ3v) is 3.94. The van der Waals surface area contributed by atoms with E-state index in [1.54, 1.807) is 25.3 Å². The molecule has 2 amide bonds. The summed E-state index contributed by atoms with van der Waals surface area (Å²) in [4.78, 5) is 22.8. The lowest BCUT2D eigenvalue weighted by atomic mass is 10.1. The summed E-state index contributed by atoms with van der Waals surface area (Å²) in [5.74, 6) is -0.524. The Labute approximate surface area is 131 Å². The lowest BCUT2D eigenvalue weighted by Crippen LogP contribution is -2.36. The molecule has 0 aromatic heterocycles. The zero-order valence-electron chi connectivity index (χ0n) is 11.6. The summed E-state index contributed by atoms with van der Waals surface area (Å²) >= 11 is 3.34. The average Bonchev–Trinajstić information content (AvgIpc) is 2.86. The Kier molecular flexibility index (Phi) is 5.06. The van der Waals surface area contributed by atoms with Gasteiger partial charge in [-0.25, -0.2) is 4.79 Å². The van der Waals surface area contributed by atoms with Crippen molar-refractivity contribution in [2.75, 3.05) is 12.4 Å². The summed E-state index contributed by atoms with van der Waals surface area (Å²) in [5, 5.41) is 14.5. The molecule has 0 radical (unpaired) electrons. The number of carboxylic acids is 1. The first-order valence-corrected chi connectivity index (χ1v) is 7.42. The van der Waals surface area contributed by atoms with Crippen molar-refractivity contribution in [2.45, 2.75) is 25.3 Å². The number of benzene rings is 1. The molecule has 0 saturated heterocycles. The zero-order chi connectivity index (χ0) is 15.4. The number of nitrogens with one attached hydrogen (secondary N) is 2. The van der Waals surface area contributed by atoms with E-state index in [4.69, 9.17) is 9.84 Å². The van der Waals surface area contributed by atoms with Crippen molar-refractivity contribution in [1.29, 1.82) is 0 Å². The number of carbonyl (C=O) groups is 2. The maximum atomic E-state index is 11.9. The van der Waals surface area contributed by atoms with E-state index in [0.717, 1.165) is 4.47 Å². The molecule has 21 heavy (non-hydrogen) atoms. The first-order chi connectivity index (χ1) is 9.97. The summed E-state index contributed by atoms with van der Waals surface area (Å²) in [6.45, 7) is 0. The van der Waals surface area contributed by atoms with Gasteiger partial charge < -0.3 is 20.5 Å². The Morgan fingerprint density at radius 3 is 2.71 bits per heavy atom. The molecule has 114 valence electrons. The van der Waals surface area contributed by atoms with E-state index in [-0.39, 0.29) is 18.0 Å². The largest absolute Gasteiger partial charge is 0.497 e. The average molecular weight is 357 g/mol. The second-order valence-corrected chi connectivity index (χ2v) is 5.94. The minimum absolute atomic E-state index is 0.0971. The smallest absolute Gasteiger partial charge is 0.319 e. The van der Waals surface area contributed by atoms with E-state index in [0.29, 0.717) is 30.7 Å². The highest BCUT2D eigenvalue weighted by Crippen LogP contribution is 2.26. The van der Waals surface area contributed by atoms with Crippen LogP contribution in [-0.2, 0) is 4.79 Å². The Balaban J connectivity index is 1.90. The highest BCUT2D eigenvalue weighted by atomic mass is 79.9. The normalized spacial score (nSPS) is 20.9. The number of halogens is 1. The van der Waals surface area contributed by atoms with Crippen LogP contribution in [0.2, 0.25) is 0 Å². The van der Waals surface area contributed by atoms with E-state index in [1.807, 2.05) is 0 Å². The van der Waals surface area contributed by atoms with Crippen LogP contribution in [0.1, 0.15) is 19.3 Å². The van der Waals surface area contributed by atoms with Gasteiger partial charge in [0.15, 0.2) is 0 Å². The summed E-state index contributed by atoms with van der Waals surface area (Å²) in [5.41, 5.74) is 0.603. The van der Waals surface area contributed by atoms with E-state index in [2.05, 4.69) is 26.6 Å². The molecule has 1 fully saturated rings. The van der Waals surface area contributed by atoms with Gasteiger partial charge in [0.2, 0.25) is 0 Å². The second-order valence-electron chi connectivity index (χ2n) is 5.02. The van der Waals surface area contributed by atoms with Gasteiger partial charge >= 0.3 is 12.0 Å². The summed E-state index contributed by atoms with van der Waals surface area (Å²) in [6.07, 6.45) is 1.77. The molecule has 1 saturated carbocycles. The van der Waals surface area contributed by atoms with Gasteiger partial charge in [-0.2, -0.15) is 0 Å². The second kappa shape index (κ2) is 6.80. The third-order valence-electron chi connectivity index (χ3n) is 3.48. The van der Waals surface area contributed by atoms with Gasteiger partial charge in [-0.1, -0.05) is 15.9 Å². The van der Waals surface area contributed by atoms with Crippen molar-refractivity contribution >= 4 is 33.6 Å². The first-order valence-electron chi connectivity index (χ1n) is 6.63. The van der Waals surface area contributed by atoms with Crippen molar-refractivity contribution < 1.29 is 19.4 Å². The van der Waals surface area contributed by atoms with Gasteiger partial charge in [0.25, 0.3) is 0 Å². The fraction of sp³-hybridized carbons (Fsp3) is 0.429. The Morgan fingerprint density at radius 2 is 2.10 bits per heavy atom. The van der Waals surface area contributed by atoms with Crippen LogP contribution >= 0.6 is 15.9 Å².